The summed E-state index contributed by atoms with van der Waals surface area (Å²) < 4.78 is 7.41. The van der Waals surface area contributed by atoms with Crippen molar-refractivity contribution in [2.24, 2.45) is 0 Å². The first kappa shape index (κ1) is 17.8. The van der Waals surface area contributed by atoms with Gasteiger partial charge in [0.2, 0.25) is 0 Å². The number of aliphatic hydroxyl groups is 3. The van der Waals surface area contributed by atoms with Gasteiger partial charge in [-0.3, -0.25) is 4.57 Å². The van der Waals surface area contributed by atoms with Gasteiger partial charge >= 0.3 is 0 Å². The van der Waals surface area contributed by atoms with E-state index in [1.807, 2.05) is 30.3 Å². The number of hydrogen-bond donors (Lipinski definition) is 4. The lowest BCUT2D eigenvalue weighted by Crippen LogP contribution is -2.24. The zero-order valence-corrected chi connectivity index (χ0v) is 14.5. The Balaban J connectivity index is 1.63. The number of anilines is 1. The van der Waals surface area contributed by atoms with Gasteiger partial charge in [0.1, 0.15) is 18.7 Å². The Hall–Kier alpha value is -2.59. The third-order valence-electron chi connectivity index (χ3n) is 4.75. The average molecular weight is 371 g/mol. The molecule has 27 heavy (non-hydrogen) atoms. The first-order chi connectivity index (χ1) is 13.2. The lowest BCUT2D eigenvalue weighted by Gasteiger charge is -2.17. The molecule has 1 aliphatic rings. The third-order valence-corrected chi connectivity index (χ3v) is 4.75. The highest BCUT2D eigenvalue weighted by molar-refractivity contribution is 5.82. The molecule has 0 spiro atoms. The molecule has 2 aromatic heterocycles. The Labute approximate surface area is 155 Å². The maximum atomic E-state index is 9.97. The molecule has 0 saturated carbocycles. The smallest absolute Gasteiger partial charge is 0.167 e. The van der Waals surface area contributed by atoms with Crippen LogP contribution < -0.4 is 5.32 Å². The van der Waals surface area contributed by atoms with Crippen molar-refractivity contribution in [2.45, 2.75) is 30.9 Å². The van der Waals surface area contributed by atoms with Gasteiger partial charge in [0.25, 0.3) is 0 Å². The van der Waals surface area contributed by atoms with Crippen molar-refractivity contribution in [3.8, 4) is 0 Å². The number of nitrogens with zero attached hydrogens (tertiary/aromatic N) is 4. The van der Waals surface area contributed by atoms with Crippen LogP contribution >= 0.6 is 0 Å². The minimum Gasteiger partial charge on any atom is -0.394 e. The fourth-order valence-corrected chi connectivity index (χ4v) is 3.30. The Morgan fingerprint density at radius 3 is 2.70 bits per heavy atom. The van der Waals surface area contributed by atoms with Crippen LogP contribution in [0.4, 0.5) is 5.82 Å². The van der Waals surface area contributed by atoms with Crippen LogP contribution in [-0.2, 0) is 4.74 Å². The largest absolute Gasteiger partial charge is 0.394 e. The Bertz CT molecular complexity index is 903. The summed E-state index contributed by atoms with van der Waals surface area (Å²) in [4.78, 5) is 12.9. The lowest BCUT2D eigenvalue weighted by atomic mass is 10.1. The van der Waals surface area contributed by atoms with Gasteiger partial charge in [-0.15, -0.1) is 0 Å². The Kier molecular flexibility index (Phi) is 4.99. The van der Waals surface area contributed by atoms with E-state index in [0.717, 1.165) is 5.56 Å². The number of aromatic nitrogens is 4. The summed E-state index contributed by atoms with van der Waals surface area (Å²) in [5.74, 6) is 0.499. The Morgan fingerprint density at radius 2 is 2.00 bits per heavy atom. The van der Waals surface area contributed by atoms with E-state index < -0.39 is 18.4 Å². The van der Waals surface area contributed by atoms with Crippen LogP contribution in [0.25, 0.3) is 11.2 Å². The van der Waals surface area contributed by atoms with E-state index in [0.29, 0.717) is 23.4 Å². The highest BCUT2D eigenvalue weighted by atomic mass is 16.5. The predicted octanol–water partition coefficient (Wildman–Crippen LogP) is 0.612. The second kappa shape index (κ2) is 7.57. The van der Waals surface area contributed by atoms with Crippen molar-refractivity contribution in [1.82, 2.24) is 19.5 Å². The molecule has 0 amide bonds. The molecule has 9 heteroatoms. The van der Waals surface area contributed by atoms with Gasteiger partial charge in [0.05, 0.1) is 31.7 Å². The van der Waals surface area contributed by atoms with Crippen LogP contribution in [0.3, 0.4) is 0 Å². The zero-order chi connectivity index (χ0) is 18.8. The highest BCUT2D eigenvalue weighted by Crippen LogP contribution is 2.32. The van der Waals surface area contributed by atoms with E-state index in [-0.39, 0.29) is 19.3 Å². The number of ether oxygens (including phenoxy) is 1. The maximum Gasteiger partial charge on any atom is 0.167 e. The van der Waals surface area contributed by atoms with Gasteiger partial charge in [-0.25, -0.2) is 15.0 Å². The van der Waals surface area contributed by atoms with E-state index in [2.05, 4.69) is 20.3 Å². The molecule has 9 nitrogen and oxygen atoms in total. The van der Waals surface area contributed by atoms with E-state index in [1.165, 1.54) is 6.33 Å². The van der Waals surface area contributed by atoms with Crippen LogP contribution in [0, 0.1) is 0 Å². The normalized spacial score (nSPS) is 23.6. The van der Waals surface area contributed by atoms with Crippen molar-refractivity contribution in [1.29, 1.82) is 0 Å². The number of rotatable bonds is 6. The van der Waals surface area contributed by atoms with Crippen molar-refractivity contribution < 1.29 is 20.1 Å². The molecule has 4 N–H and O–H groups in total. The molecule has 1 fully saturated rings. The minimum absolute atomic E-state index is 0.105. The molecular weight excluding hydrogens is 350 g/mol. The first-order valence-electron chi connectivity index (χ1n) is 8.75. The van der Waals surface area contributed by atoms with E-state index in [1.54, 1.807) is 10.9 Å². The van der Waals surface area contributed by atoms with Crippen molar-refractivity contribution >= 4 is 17.0 Å². The van der Waals surface area contributed by atoms with Crippen molar-refractivity contribution in [3.05, 3.63) is 48.5 Å². The third kappa shape index (κ3) is 3.37. The van der Waals surface area contributed by atoms with Gasteiger partial charge < -0.3 is 25.4 Å². The summed E-state index contributed by atoms with van der Waals surface area (Å²) >= 11 is 0. The number of aliphatic hydroxyl groups excluding tert-OH is 3. The lowest BCUT2D eigenvalue weighted by molar-refractivity contribution is -0.0432. The average Bonchev–Trinajstić information content (AvgIpc) is 3.30. The molecule has 3 heterocycles. The van der Waals surface area contributed by atoms with Gasteiger partial charge in [-0.1, -0.05) is 30.3 Å². The van der Waals surface area contributed by atoms with Crippen LogP contribution in [-0.4, -0.2) is 60.3 Å². The molecule has 0 unspecified atom stereocenters. The highest BCUT2D eigenvalue weighted by Gasteiger charge is 2.35. The molecule has 1 aromatic carbocycles. The predicted molar refractivity (Wildman–Crippen MR) is 96.8 cm³/mol. The molecule has 4 rings (SSSR count). The number of imidazole rings is 1. The van der Waals surface area contributed by atoms with E-state index in [9.17, 15) is 15.3 Å². The van der Waals surface area contributed by atoms with Crippen molar-refractivity contribution in [3.63, 3.8) is 0 Å². The summed E-state index contributed by atoms with van der Waals surface area (Å²) in [6.07, 6.45) is 1.51. The molecule has 3 aromatic rings. The quantitative estimate of drug-likeness (QED) is 0.497. The van der Waals surface area contributed by atoms with Gasteiger partial charge in [0, 0.05) is 6.42 Å². The molecule has 1 aliphatic heterocycles. The number of hydrogen-bond acceptors (Lipinski definition) is 8. The maximum absolute atomic E-state index is 9.97. The fourth-order valence-electron chi connectivity index (χ4n) is 3.30. The minimum atomic E-state index is -0.742. The summed E-state index contributed by atoms with van der Waals surface area (Å²) in [6.45, 7) is -0.354. The standard InChI is InChI=1S/C18H21N5O4/c24-7-12(11-4-2-1-3-5-11)22-17-16-18(20-9-19-17)23(10-21-16)15-6-13(26)14(8-25)27-15/h1-5,9-10,12-15,24-26H,6-8H2,(H,19,20,22)/t12-,13+,14-,15-/m1/s1. The topological polar surface area (TPSA) is 126 Å². The zero-order valence-electron chi connectivity index (χ0n) is 14.5. The second-order valence-corrected chi connectivity index (χ2v) is 6.45. The van der Waals surface area contributed by atoms with E-state index >= 15 is 0 Å². The number of benzene rings is 1. The molecule has 0 bridgehead atoms. The second-order valence-electron chi connectivity index (χ2n) is 6.45. The first-order valence-corrected chi connectivity index (χ1v) is 8.75. The van der Waals surface area contributed by atoms with Crippen molar-refractivity contribution in [2.75, 3.05) is 18.5 Å². The van der Waals surface area contributed by atoms with Crippen LogP contribution in [0.2, 0.25) is 0 Å². The molecule has 1 saturated heterocycles. The van der Waals surface area contributed by atoms with Crippen LogP contribution in [0.1, 0.15) is 24.3 Å². The number of fused-ring (bicyclic) bond motifs is 1. The van der Waals surface area contributed by atoms with E-state index in [4.69, 9.17) is 4.74 Å². The summed E-state index contributed by atoms with van der Waals surface area (Å²) in [6, 6.07) is 9.24. The molecule has 0 radical (unpaired) electrons. The summed E-state index contributed by atoms with van der Waals surface area (Å²) in [5, 5.41) is 32.2. The molecule has 0 aliphatic carbocycles. The van der Waals surface area contributed by atoms with Gasteiger partial charge in [0.15, 0.2) is 17.0 Å². The van der Waals surface area contributed by atoms with Gasteiger partial charge in [-0.05, 0) is 5.56 Å². The molecule has 142 valence electrons. The summed E-state index contributed by atoms with van der Waals surface area (Å²) in [7, 11) is 0. The van der Waals surface area contributed by atoms with Crippen LogP contribution in [0.15, 0.2) is 43.0 Å². The fraction of sp³-hybridized carbons (Fsp3) is 0.389. The van der Waals surface area contributed by atoms with Crippen LogP contribution in [0.5, 0.6) is 0 Å². The molecular formula is C18H21N5O4. The Morgan fingerprint density at radius 1 is 1.19 bits per heavy atom. The summed E-state index contributed by atoms with van der Waals surface area (Å²) in [5.41, 5.74) is 2.02. The van der Waals surface area contributed by atoms with Gasteiger partial charge in [-0.2, -0.15) is 0 Å². The number of nitrogens with one attached hydrogen (secondary N) is 1. The SMILES string of the molecule is OC[C@@H](Nc1ncnc2c1ncn2[C@H]1C[C@H](O)[C@@H](CO)O1)c1ccccc1. The molecule has 4 atom stereocenters. The monoisotopic (exact) mass is 371 g/mol.